The number of H-pyrrole nitrogens is 1. The van der Waals surface area contributed by atoms with Crippen LogP contribution in [0, 0.1) is 11.3 Å². The van der Waals surface area contributed by atoms with Gasteiger partial charge in [-0.25, -0.2) is 9.97 Å². The van der Waals surface area contributed by atoms with E-state index in [1.165, 1.54) is 0 Å². The molecular formula is C26H25N7O. The van der Waals surface area contributed by atoms with Crippen LogP contribution in [0.1, 0.15) is 41.6 Å². The summed E-state index contributed by atoms with van der Waals surface area (Å²) in [7, 11) is 0. The van der Waals surface area contributed by atoms with Crippen LogP contribution in [-0.4, -0.2) is 32.9 Å². The molecule has 8 nitrogen and oxygen atoms in total. The zero-order chi connectivity index (χ0) is 23.5. The number of hydrogen-bond donors (Lipinski definition) is 4. The minimum absolute atomic E-state index is 0.0581. The normalized spacial score (nSPS) is 17.7. The summed E-state index contributed by atoms with van der Waals surface area (Å²) in [6.07, 6.45) is 7.08. The van der Waals surface area contributed by atoms with Crippen LogP contribution in [0.25, 0.3) is 22.2 Å². The number of anilines is 2. The van der Waals surface area contributed by atoms with Crippen molar-refractivity contribution in [1.82, 2.24) is 20.3 Å². The molecule has 2 aromatic carbocycles. The standard InChI is InChI=1S/C26H25N7O/c27-13-17-14-30-26(33-24(17)22-15-29-23-7-2-1-6-21(22)23)32-20-5-3-4-19(12-20)31-25(34)16-8-10-18(28)11-9-16/h1-2,6-11,14-15,19-20,29H,3-5,12,28H2,(H,31,34)(H,30,32,33). The maximum Gasteiger partial charge on any atom is 0.251 e. The molecule has 2 atom stereocenters. The molecule has 0 aliphatic heterocycles. The average molecular weight is 452 g/mol. The van der Waals surface area contributed by atoms with Crippen LogP contribution < -0.4 is 16.4 Å². The predicted octanol–water partition coefficient (Wildman–Crippen LogP) is 4.23. The third-order valence-electron chi connectivity index (χ3n) is 6.27. The molecule has 4 aromatic rings. The second-order valence-electron chi connectivity index (χ2n) is 8.62. The molecule has 2 heterocycles. The number of nitrogens with one attached hydrogen (secondary N) is 3. The molecule has 1 saturated carbocycles. The Morgan fingerprint density at radius 2 is 1.91 bits per heavy atom. The van der Waals surface area contributed by atoms with E-state index >= 15 is 0 Å². The fraction of sp³-hybridized carbons (Fsp3) is 0.231. The quantitative estimate of drug-likeness (QED) is 0.336. The summed E-state index contributed by atoms with van der Waals surface area (Å²) in [5.74, 6) is 0.386. The van der Waals surface area contributed by atoms with Crippen molar-refractivity contribution in [2.75, 3.05) is 11.1 Å². The SMILES string of the molecule is N#Cc1cnc(NC2CCCC(NC(=O)c3ccc(N)cc3)C2)nc1-c1c[nH]c2ccccc12. The Bertz CT molecular complexity index is 1370. The van der Waals surface area contributed by atoms with E-state index in [2.05, 4.69) is 26.7 Å². The van der Waals surface area contributed by atoms with Gasteiger partial charge in [-0.15, -0.1) is 0 Å². The Balaban J connectivity index is 1.31. The number of benzene rings is 2. The molecule has 1 fully saturated rings. The number of aromatic nitrogens is 3. The second-order valence-corrected chi connectivity index (χ2v) is 8.62. The highest BCUT2D eigenvalue weighted by Gasteiger charge is 2.25. The Morgan fingerprint density at radius 3 is 2.74 bits per heavy atom. The van der Waals surface area contributed by atoms with E-state index in [4.69, 9.17) is 10.7 Å². The monoisotopic (exact) mass is 451 g/mol. The number of nitrogens with two attached hydrogens (primary N) is 1. The van der Waals surface area contributed by atoms with Gasteiger partial charge in [0.1, 0.15) is 6.07 Å². The molecular weight excluding hydrogens is 426 g/mol. The van der Waals surface area contributed by atoms with E-state index in [0.29, 0.717) is 28.5 Å². The first-order valence-electron chi connectivity index (χ1n) is 11.4. The van der Waals surface area contributed by atoms with Gasteiger partial charge in [-0.05, 0) is 56.0 Å². The molecule has 1 aliphatic rings. The lowest BCUT2D eigenvalue weighted by Crippen LogP contribution is -2.42. The number of rotatable bonds is 5. The van der Waals surface area contributed by atoms with Crippen LogP contribution in [0.2, 0.25) is 0 Å². The van der Waals surface area contributed by atoms with Gasteiger partial charge in [0, 0.05) is 46.0 Å². The molecule has 0 bridgehead atoms. The minimum atomic E-state index is -0.0955. The maximum absolute atomic E-state index is 12.6. The summed E-state index contributed by atoms with van der Waals surface area (Å²) in [6.45, 7) is 0. The maximum atomic E-state index is 12.6. The highest BCUT2D eigenvalue weighted by atomic mass is 16.1. The summed E-state index contributed by atoms with van der Waals surface area (Å²) in [5, 5.41) is 17.2. The van der Waals surface area contributed by atoms with Crippen LogP contribution >= 0.6 is 0 Å². The van der Waals surface area contributed by atoms with Gasteiger partial charge in [-0.2, -0.15) is 5.26 Å². The molecule has 0 radical (unpaired) electrons. The van der Waals surface area contributed by atoms with E-state index in [9.17, 15) is 10.1 Å². The first kappa shape index (κ1) is 21.5. The second kappa shape index (κ2) is 9.24. The van der Waals surface area contributed by atoms with E-state index in [1.807, 2.05) is 30.5 Å². The minimum Gasteiger partial charge on any atom is -0.399 e. The van der Waals surface area contributed by atoms with Crippen LogP contribution in [0.5, 0.6) is 0 Å². The number of carbonyl (C=O) groups excluding carboxylic acids is 1. The lowest BCUT2D eigenvalue weighted by molar-refractivity contribution is 0.0926. The molecule has 0 spiro atoms. The Hall–Kier alpha value is -4.38. The molecule has 5 rings (SSSR count). The number of nitrogens with zero attached hydrogens (tertiary/aromatic N) is 3. The van der Waals surface area contributed by atoms with Crippen molar-refractivity contribution >= 4 is 28.4 Å². The van der Waals surface area contributed by atoms with Gasteiger partial charge in [0.2, 0.25) is 5.95 Å². The molecule has 34 heavy (non-hydrogen) atoms. The van der Waals surface area contributed by atoms with Crippen molar-refractivity contribution < 1.29 is 4.79 Å². The number of hydrogen-bond acceptors (Lipinski definition) is 6. The lowest BCUT2D eigenvalue weighted by atomic mass is 9.91. The Morgan fingerprint density at radius 1 is 1.12 bits per heavy atom. The first-order valence-corrected chi connectivity index (χ1v) is 11.4. The molecule has 170 valence electrons. The van der Waals surface area contributed by atoms with Crippen molar-refractivity contribution in [2.24, 2.45) is 0 Å². The zero-order valence-corrected chi connectivity index (χ0v) is 18.6. The van der Waals surface area contributed by atoms with Crippen LogP contribution in [0.15, 0.2) is 60.9 Å². The van der Waals surface area contributed by atoms with Gasteiger partial charge in [0.15, 0.2) is 0 Å². The fourth-order valence-corrected chi connectivity index (χ4v) is 4.54. The number of fused-ring (bicyclic) bond motifs is 1. The van der Waals surface area contributed by atoms with Crippen molar-refractivity contribution in [3.8, 4) is 17.3 Å². The van der Waals surface area contributed by atoms with Crippen molar-refractivity contribution in [2.45, 2.75) is 37.8 Å². The number of nitrogen functional groups attached to an aromatic ring is 1. The van der Waals surface area contributed by atoms with E-state index < -0.39 is 0 Å². The predicted molar refractivity (Wildman–Crippen MR) is 132 cm³/mol. The van der Waals surface area contributed by atoms with Gasteiger partial charge < -0.3 is 21.4 Å². The molecule has 2 unspecified atom stereocenters. The highest BCUT2D eigenvalue weighted by Crippen LogP contribution is 2.30. The van der Waals surface area contributed by atoms with E-state index in [-0.39, 0.29) is 18.0 Å². The van der Waals surface area contributed by atoms with Gasteiger partial charge in [-0.3, -0.25) is 4.79 Å². The van der Waals surface area contributed by atoms with E-state index in [0.717, 1.165) is 42.1 Å². The van der Waals surface area contributed by atoms with Gasteiger partial charge in [0.05, 0.1) is 17.5 Å². The number of carbonyl (C=O) groups is 1. The third-order valence-corrected chi connectivity index (χ3v) is 6.27. The summed E-state index contributed by atoms with van der Waals surface area (Å²) >= 11 is 0. The van der Waals surface area contributed by atoms with Crippen LogP contribution in [0.3, 0.4) is 0 Å². The van der Waals surface area contributed by atoms with E-state index in [1.54, 1.807) is 30.5 Å². The summed E-state index contributed by atoms with van der Waals surface area (Å²) in [6, 6.07) is 17.2. The van der Waals surface area contributed by atoms with Crippen molar-refractivity contribution in [3.05, 3.63) is 72.1 Å². The fourth-order valence-electron chi connectivity index (χ4n) is 4.54. The number of para-hydroxylation sites is 1. The largest absolute Gasteiger partial charge is 0.399 e. The summed E-state index contributed by atoms with van der Waals surface area (Å²) in [4.78, 5) is 24.9. The molecule has 1 amide bonds. The first-order chi connectivity index (χ1) is 16.6. The summed E-state index contributed by atoms with van der Waals surface area (Å²) < 4.78 is 0. The highest BCUT2D eigenvalue weighted by molar-refractivity contribution is 5.96. The lowest BCUT2D eigenvalue weighted by Gasteiger charge is -2.30. The molecule has 5 N–H and O–H groups in total. The topological polar surface area (TPSA) is 133 Å². The Labute approximate surface area is 197 Å². The molecule has 1 aliphatic carbocycles. The van der Waals surface area contributed by atoms with Crippen LogP contribution in [-0.2, 0) is 0 Å². The van der Waals surface area contributed by atoms with Gasteiger partial charge in [-0.1, -0.05) is 18.2 Å². The zero-order valence-electron chi connectivity index (χ0n) is 18.6. The molecule has 0 saturated heterocycles. The average Bonchev–Trinajstić information content (AvgIpc) is 3.29. The number of nitriles is 1. The summed E-state index contributed by atoms with van der Waals surface area (Å²) in [5.41, 5.74) is 9.83. The Kier molecular flexibility index (Phi) is 5.83. The molecule has 8 heteroatoms. The van der Waals surface area contributed by atoms with Crippen LogP contribution in [0.4, 0.5) is 11.6 Å². The van der Waals surface area contributed by atoms with Gasteiger partial charge in [0.25, 0.3) is 5.91 Å². The third kappa shape index (κ3) is 4.41. The smallest absolute Gasteiger partial charge is 0.251 e. The van der Waals surface area contributed by atoms with Crippen molar-refractivity contribution in [3.63, 3.8) is 0 Å². The molecule has 2 aromatic heterocycles. The number of aromatic amines is 1. The van der Waals surface area contributed by atoms with Gasteiger partial charge >= 0.3 is 0 Å². The number of amides is 1. The van der Waals surface area contributed by atoms with Crippen molar-refractivity contribution in [1.29, 1.82) is 5.26 Å².